The second-order valence-electron chi connectivity index (χ2n) is 6.79. The van der Waals surface area contributed by atoms with Gasteiger partial charge in [-0.2, -0.15) is 8.78 Å². The van der Waals surface area contributed by atoms with Gasteiger partial charge >= 0.3 is 11.9 Å². The summed E-state index contributed by atoms with van der Waals surface area (Å²) in [5.74, 6) is -0.873. The first kappa shape index (κ1) is 21.4. The number of fused-ring (bicyclic) bond motifs is 1. The molecule has 2 N–H and O–H groups in total. The Morgan fingerprint density at radius 1 is 1.38 bits per heavy atom. The minimum atomic E-state index is -3.30. The number of H-pyrrole nitrogens is 1. The molecule has 0 atom stereocenters. The molecular weight excluding hydrogens is 442 g/mol. The summed E-state index contributed by atoms with van der Waals surface area (Å²) in [4.78, 5) is 30.3. The van der Waals surface area contributed by atoms with E-state index in [9.17, 15) is 18.4 Å². The number of aromatic nitrogens is 3. The van der Waals surface area contributed by atoms with E-state index in [1.165, 1.54) is 23.5 Å². The van der Waals surface area contributed by atoms with Gasteiger partial charge in [0, 0.05) is 24.6 Å². The van der Waals surface area contributed by atoms with Gasteiger partial charge in [0.15, 0.2) is 5.82 Å². The fourth-order valence-corrected chi connectivity index (χ4v) is 4.08. The van der Waals surface area contributed by atoms with E-state index in [0.717, 1.165) is 6.08 Å². The number of ether oxygens (including phenoxy) is 1. The molecule has 2 aromatic heterocycles. The lowest BCUT2D eigenvalue weighted by Gasteiger charge is -2.15. The van der Waals surface area contributed by atoms with Crippen molar-refractivity contribution >= 4 is 27.5 Å². The zero-order valence-electron chi connectivity index (χ0n) is 16.6. The summed E-state index contributed by atoms with van der Waals surface area (Å²) in [5.41, 5.74) is 4.85. The van der Waals surface area contributed by atoms with Gasteiger partial charge in [-0.15, -0.1) is 11.3 Å². The molecular formula is C21H16F2N4O4S. The Labute approximate surface area is 183 Å². The maximum absolute atomic E-state index is 13.1. The molecule has 0 bridgehead atoms. The van der Waals surface area contributed by atoms with Crippen LogP contribution in [0.5, 0.6) is 5.75 Å². The third kappa shape index (κ3) is 4.42. The average molecular weight is 458 g/mol. The van der Waals surface area contributed by atoms with Crippen molar-refractivity contribution in [3.05, 3.63) is 64.6 Å². The van der Waals surface area contributed by atoms with Crippen LogP contribution in [0.2, 0.25) is 0 Å². The van der Waals surface area contributed by atoms with Crippen molar-refractivity contribution in [2.75, 3.05) is 0 Å². The molecule has 4 aromatic rings. The highest BCUT2D eigenvalue weighted by Crippen LogP contribution is 2.39. The lowest BCUT2D eigenvalue weighted by molar-refractivity contribution is -0.158. The molecule has 0 aliphatic heterocycles. The summed E-state index contributed by atoms with van der Waals surface area (Å²) >= 11 is 1.32. The van der Waals surface area contributed by atoms with Crippen LogP contribution in [0.4, 0.5) is 8.78 Å². The second kappa shape index (κ2) is 8.35. The Bertz CT molecular complexity index is 1350. The van der Waals surface area contributed by atoms with E-state index < -0.39 is 11.9 Å². The van der Waals surface area contributed by atoms with Crippen molar-refractivity contribution in [1.82, 2.24) is 20.4 Å². The first-order chi connectivity index (χ1) is 15.2. The van der Waals surface area contributed by atoms with E-state index in [1.807, 2.05) is 0 Å². The summed E-state index contributed by atoms with van der Waals surface area (Å²) in [5, 5.41) is 6.50. The molecule has 2 aromatic carbocycles. The molecule has 0 spiro atoms. The summed E-state index contributed by atoms with van der Waals surface area (Å²) in [7, 11) is 0. The van der Waals surface area contributed by atoms with E-state index in [-0.39, 0.29) is 24.0 Å². The summed E-state index contributed by atoms with van der Waals surface area (Å²) < 4.78 is 36.2. The van der Waals surface area contributed by atoms with E-state index in [4.69, 9.17) is 0 Å². The standard InChI is InChI=1S/C21H16F2N4O4S/c1-3-15(28)24-9-12-8-14(11-4-6-13(7-5-11)30-21(2,22)23)17-18(32-10-25-17)16(12)19-26-20(29)31-27-19/h3-8,10H,1,9H2,2H3,(H,24,28)(H,26,27,29). The Kier molecular flexibility index (Phi) is 5.57. The molecule has 0 saturated carbocycles. The minimum absolute atomic E-state index is 0.0195. The number of alkyl halides is 2. The maximum atomic E-state index is 13.1. The first-order valence-corrected chi connectivity index (χ1v) is 10.2. The number of rotatable bonds is 7. The Morgan fingerprint density at radius 2 is 2.12 bits per heavy atom. The normalized spacial score (nSPS) is 11.5. The molecule has 0 unspecified atom stereocenters. The molecule has 8 nitrogen and oxygen atoms in total. The first-order valence-electron chi connectivity index (χ1n) is 9.28. The average Bonchev–Trinajstić information content (AvgIpc) is 3.40. The van der Waals surface area contributed by atoms with E-state index in [0.29, 0.717) is 39.4 Å². The summed E-state index contributed by atoms with van der Waals surface area (Å²) in [6, 6.07) is 7.94. The molecule has 0 saturated heterocycles. The molecule has 0 radical (unpaired) electrons. The van der Waals surface area contributed by atoms with E-state index in [2.05, 4.69) is 36.3 Å². The summed E-state index contributed by atoms with van der Waals surface area (Å²) in [6.45, 7) is 4.21. The maximum Gasteiger partial charge on any atom is 0.439 e. The number of nitrogens with one attached hydrogen (secondary N) is 2. The quantitative estimate of drug-likeness (QED) is 0.404. The van der Waals surface area contributed by atoms with E-state index >= 15 is 0 Å². The largest absolute Gasteiger partial charge is 0.439 e. The molecule has 2 heterocycles. The van der Waals surface area contributed by atoms with Crippen LogP contribution in [0, 0.1) is 0 Å². The third-order valence-corrected chi connectivity index (χ3v) is 5.31. The monoisotopic (exact) mass is 458 g/mol. The Hall–Kier alpha value is -3.86. The number of hydrogen-bond donors (Lipinski definition) is 2. The highest BCUT2D eigenvalue weighted by Gasteiger charge is 2.24. The Balaban J connectivity index is 1.85. The third-order valence-electron chi connectivity index (χ3n) is 4.47. The molecule has 164 valence electrons. The van der Waals surface area contributed by atoms with Gasteiger partial charge in [0.1, 0.15) is 5.75 Å². The molecule has 0 fully saturated rings. The van der Waals surface area contributed by atoms with Crippen LogP contribution in [0.15, 0.2) is 57.8 Å². The van der Waals surface area contributed by atoms with Crippen molar-refractivity contribution in [2.45, 2.75) is 19.6 Å². The Morgan fingerprint density at radius 3 is 2.75 bits per heavy atom. The van der Waals surface area contributed by atoms with Crippen LogP contribution in [0.3, 0.4) is 0 Å². The van der Waals surface area contributed by atoms with Crippen LogP contribution in [-0.4, -0.2) is 27.1 Å². The van der Waals surface area contributed by atoms with Gasteiger partial charge in [0.05, 0.1) is 15.7 Å². The van der Waals surface area contributed by atoms with Crippen molar-refractivity contribution in [1.29, 1.82) is 0 Å². The van der Waals surface area contributed by atoms with Crippen molar-refractivity contribution in [2.24, 2.45) is 0 Å². The molecule has 11 heteroatoms. The van der Waals surface area contributed by atoms with Gasteiger partial charge in [-0.1, -0.05) is 23.9 Å². The highest BCUT2D eigenvalue weighted by atomic mass is 32.1. The fraction of sp³-hybridized carbons (Fsp3) is 0.143. The van der Waals surface area contributed by atoms with E-state index in [1.54, 1.807) is 23.7 Å². The number of hydrogen-bond acceptors (Lipinski definition) is 7. The topological polar surface area (TPSA) is 110 Å². The SMILES string of the molecule is C=CC(=O)NCc1cc(-c2ccc(OC(C)(F)F)cc2)c2ncsc2c1-c1noc(=O)[nH]1. The lowest BCUT2D eigenvalue weighted by Crippen LogP contribution is -2.20. The predicted octanol–water partition coefficient (Wildman–Crippen LogP) is 4.10. The van der Waals surface area contributed by atoms with Crippen LogP contribution in [0.25, 0.3) is 32.7 Å². The highest BCUT2D eigenvalue weighted by molar-refractivity contribution is 7.17. The number of thiazole rings is 1. The van der Waals surface area contributed by atoms with Crippen molar-refractivity contribution in [3.63, 3.8) is 0 Å². The molecule has 1 amide bonds. The number of halogens is 2. The van der Waals surface area contributed by atoms with Crippen LogP contribution >= 0.6 is 11.3 Å². The molecule has 0 aliphatic rings. The van der Waals surface area contributed by atoms with Gasteiger partial charge in [-0.25, -0.2) is 9.78 Å². The zero-order chi connectivity index (χ0) is 22.9. The molecule has 32 heavy (non-hydrogen) atoms. The smallest absolute Gasteiger partial charge is 0.433 e. The lowest BCUT2D eigenvalue weighted by atomic mass is 9.97. The number of nitrogens with zero attached hydrogens (tertiary/aromatic N) is 2. The van der Waals surface area contributed by atoms with Crippen LogP contribution in [-0.2, 0) is 11.3 Å². The number of amides is 1. The van der Waals surface area contributed by atoms with Gasteiger partial charge in [-0.05, 0) is 35.4 Å². The van der Waals surface area contributed by atoms with Gasteiger partial charge in [0.2, 0.25) is 5.91 Å². The van der Waals surface area contributed by atoms with Gasteiger partial charge in [0.25, 0.3) is 0 Å². The predicted molar refractivity (Wildman–Crippen MR) is 114 cm³/mol. The van der Waals surface area contributed by atoms with Crippen LogP contribution in [0.1, 0.15) is 12.5 Å². The molecule has 0 aliphatic carbocycles. The molecule has 4 rings (SSSR count). The van der Waals surface area contributed by atoms with Gasteiger partial charge in [-0.3, -0.25) is 14.3 Å². The van der Waals surface area contributed by atoms with Crippen molar-refractivity contribution < 1.29 is 22.8 Å². The zero-order valence-corrected chi connectivity index (χ0v) is 17.5. The number of carbonyl (C=O) groups is 1. The second-order valence-corrected chi connectivity index (χ2v) is 7.64. The number of aromatic amines is 1. The van der Waals surface area contributed by atoms with Crippen LogP contribution < -0.4 is 15.8 Å². The van der Waals surface area contributed by atoms with Crippen molar-refractivity contribution in [3.8, 4) is 28.3 Å². The fourth-order valence-electron chi connectivity index (χ4n) is 3.20. The number of benzene rings is 2. The van der Waals surface area contributed by atoms with Gasteiger partial charge < -0.3 is 10.1 Å². The summed E-state index contributed by atoms with van der Waals surface area (Å²) in [6.07, 6.45) is -2.15. The number of carbonyl (C=O) groups excluding carboxylic acids is 1. The minimum Gasteiger partial charge on any atom is -0.433 e.